The van der Waals surface area contributed by atoms with Gasteiger partial charge in [-0.1, -0.05) is 18.2 Å². The Balaban J connectivity index is 2.27. The van der Waals surface area contributed by atoms with Gasteiger partial charge in [-0.15, -0.1) is 0 Å². The average molecular weight is 478 g/mol. The lowest BCUT2D eigenvalue weighted by molar-refractivity contribution is -0.142. The summed E-state index contributed by atoms with van der Waals surface area (Å²) in [4.78, 5) is 52.3. The molecular formula is C22H31N5O7. The molecule has 0 saturated carbocycles. The number of aromatic amines is 1. The minimum Gasteiger partial charge on any atom is -0.480 e. The van der Waals surface area contributed by atoms with E-state index in [1.807, 2.05) is 24.3 Å². The molecule has 6 atom stereocenters. The fourth-order valence-electron chi connectivity index (χ4n) is 3.24. The van der Waals surface area contributed by atoms with E-state index in [0.717, 1.165) is 10.9 Å². The summed E-state index contributed by atoms with van der Waals surface area (Å²) in [5, 5.41) is 36.6. The zero-order valence-corrected chi connectivity index (χ0v) is 19.1. The van der Waals surface area contributed by atoms with Gasteiger partial charge in [0.25, 0.3) is 0 Å². The van der Waals surface area contributed by atoms with E-state index in [-0.39, 0.29) is 6.42 Å². The maximum atomic E-state index is 12.9. The summed E-state index contributed by atoms with van der Waals surface area (Å²) < 4.78 is 0. The van der Waals surface area contributed by atoms with Crippen LogP contribution in [0.25, 0.3) is 10.9 Å². The van der Waals surface area contributed by atoms with Gasteiger partial charge in [0.05, 0.1) is 12.2 Å². The van der Waals surface area contributed by atoms with Gasteiger partial charge >= 0.3 is 5.97 Å². The minimum atomic E-state index is -1.48. The lowest BCUT2D eigenvalue weighted by atomic mass is 10.0. The van der Waals surface area contributed by atoms with Gasteiger partial charge in [0.1, 0.15) is 24.2 Å². The highest BCUT2D eigenvalue weighted by molar-refractivity contribution is 5.95. The Morgan fingerprint density at radius 1 is 0.941 bits per heavy atom. The lowest BCUT2D eigenvalue weighted by Crippen LogP contribution is -2.60. The van der Waals surface area contributed by atoms with Crippen LogP contribution in [0.1, 0.15) is 26.3 Å². The highest BCUT2D eigenvalue weighted by atomic mass is 16.4. The van der Waals surface area contributed by atoms with E-state index in [2.05, 4.69) is 20.9 Å². The van der Waals surface area contributed by atoms with Crippen LogP contribution in [0.5, 0.6) is 0 Å². The molecule has 1 aromatic carbocycles. The molecule has 2 aromatic rings. The Hall–Kier alpha value is -3.48. The molecule has 1 heterocycles. The molecular weight excluding hydrogens is 446 g/mol. The van der Waals surface area contributed by atoms with Crippen LogP contribution in [-0.2, 0) is 25.6 Å². The summed E-state index contributed by atoms with van der Waals surface area (Å²) in [6, 6.07) is 2.05. The molecule has 0 fully saturated rings. The number of H-pyrrole nitrogens is 1. The predicted molar refractivity (Wildman–Crippen MR) is 122 cm³/mol. The van der Waals surface area contributed by atoms with E-state index in [9.17, 15) is 29.4 Å². The normalized spacial score (nSPS) is 16.5. The molecule has 0 aliphatic carbocycles. The Kier molecular flexibility index (Phi) is 9.12. The van der Waals surface area contributed by atoms with Crippen molar-refractivity contribution >= 4 is 34.6 Å². The van der Waals surface area contributed by atoms with Crippen LogP contribution in [-0.4, -0.2) is 80.4 Å². The first-order valence-corrected chi connectivity index (χ1v) is 10.7. The van der Waals surface area contributed by atoms with Gasteiger partial charge in [-0.25, -0.2) is 0 Å². The Morgan fingerprint density at radius 2 is 1.59 bits per heavy atom. The van der Waals surface area contributed by atoms with Crippen LogP contribution in [0.4, 0.5) is 0 Å². The summed E-state index contributed by atoms with van der Waals surface area (Å²) in [6.45, 7) is 3.84. The molecule has 0 saturated heterocycles. The molecule has 0 aliphatic rings. The molecule has 3 amide bonds. The summed E-state index contributed by atoms with van der Waals surface area (Å²) in [6.07, 6.45) is -0.884. The molecule has 1 aromatic heterocycles. The quantitative estimate of drug-likeness (QED) is 0.188. The second kappa shape index (κ2) is 11.6. The molecule has 9 N–H and O–H groups in total. The molecule has 12 heteroatoms. The number of aromatic nitrogens is 1. The van der Waals surface area contributed by atoms with Gasteiger partial charge in [-0.05, 0) is 32.4 Å². The van der Waals surface area contributed by atoms with Gasteiger partial charge in [0.2, 0.25) is 17.7 Å². The summed E-state index contributed by atoms with van der Waals surface area (Å²) >= 11 is 0. The topological polar surface area (TPSA) is 207 Å². The number of aliphatic carboxylic acids is 1. The number of carbonyl (C=O) groups excluding carboxylic acids is 3. The van der Waals surface area contributed by atoms with Crippen molar-refractivity contribution in [3.05, 3.63) is 36.0 Å². The number of para-hydroxylation sites is 1. The number of carboxylic acids is 1. The van der Waals surface area contributed by atoms with E-state index in [1.54, 1.807) is 6.20 Å². The summed E-state index contributed by atoms with van der Waals surface area (Å²) in [5.74, 6) is -3.77. The number of rotatable bonds is 11. The number of hydrogen-bond acceptors (Lipinski definition) is 7. The average Bonchev–Trinajstić information content (AvgIpc) is 3.18. The Labute approximate surface area is 195 Å². The molecule has 0 spiro atoms. The first kappa shape index (κ1) is 26.8. The summed E-state index contributed by atoms with van der Waals surface area (Å²) in [7, 11) is 0. The number of nitrogens with two attached hydrogens (primary N) is 1. The van der Waals surface area contributed by atoms with Crippen molar-refractivity contribution in [2.24, 2.45) is 5.73 Å². The lowest BCUT2D eigenvalue weighted by Gasteiger charge is -2.26. The van der Waals surface area contributed by atoms with E-state index in [4.69, 9.17) is 10.8 Å². The second-order valence-electron chi connectivity index (χ2n) is 8.19. The smallest absolute Gasteiger partial charge is 0.325 e. The van der Waals surface area contributed by atoms with Crippen molar-refractivity contribution < 1.29 is 34.5 Å². The fourth-order valence-corrected chi connectivity index (χ4v) is 3.24. The predicted octanol–water partition coefficient (Wildman–Crippen LogP) is -1.64. The first-order valence-electron chi connectivity index (χ1n) is 10.7. The molecule has 2 rings (SSSR count). The number of nitrogens with one attached hydrogen (secondary N) is 4. The fraction of sp³-hybridized carbons (Fsp3) is 0.455. The Morgan fingerprint density at radius 3 is 2.18 bits per heavy atom. The number of benzene rings is 1. The van der Waals surface area contributed by atoms with E-state index in [0.29, 0.717) is 5.56 Å². The van der Waals surface area contributed by atoms with Crippen molar-refractivity contribution in [1.82, 2.24) is 20.9 Å². The third-order valence-corrected chi connectivity index (χ3v) is 5.35. The maximum absolute atomic E-state index is 12.9. The second-order valence-corrected chi connectivity index (χ2v) is 8.19. The number of fused-ring (bicyclic) bond motifs is 1. The van der Waals surface area contributed by atoms with Crippen molar-refractivity contribution in [2.75, 3.05) is 0 Å². The van der Waals surface area contributed by atoms with Crippen LogP contribution < -0.4 is 21.7 Å². The van der Waals surface area contributed by atoms with Gasteiger partial charge in [-0.2, -0.15) is 0 Å². The summed E-state index contributed by atoms with van der Waals surface area (Å²) in [5.41, 5.74) is 7.08. The first-order chi connectivity index (χ1) is 15.9. The largest absolute Gasteiger partial charge is 0.480 e. The van der Waals surface area contributed by atoms with Gasteiger partial charge in [-0.3, -0.25) is 19.2 Å². The van der Waals surface area contributed by atoms with Crippen LogP contribution in [0, 0.1) is 0 Å². The maximum Gasteiger partial charge on any atom is 0.325 e. The molecule has 0 bridgehead atoms. The van der Waals surface area contributed by atoms with Gasteiger partial charge in [0, 0.05) is 23.5 Å². The standard InChI is InChI=1S/C22H31N5O7/c1-10(22(33)34)25-19(30)16(8-13-9-24-15-7-5-4-6-14(13)15)26-21(32)18(12(3)29)27-20(31)17(23)11(2)28/h4-7,9-12,16-18,24,28-29H,8,23H2,1-3H3,(H,25,30)(H,26,32)(H,27,31)(H,33,34). The van der Waals surface area contributed by atoms with Crippen molar-refractivity contribution in [2.45, 2.75) is 63.6 Å². The zero-order valence-electron chi connectivity index (χ0n) is 19.1. The molecule has 0 radical (unpaired) electrons. The van der Waals surface area contributed by atoms with E-state index in [1.165, 1.54) is 20.8 Å². The van der Waals surface area contributed by atoms with Gasteiger partial charge in [0.15, 0.2) is 0 Å². The number of amides is 3. The van der Waals surface area contributed by atoms with Gasteiger partial charge < -0.3 is 42.0 Å². The van der Waals surface area contributed by atoms with E-state index < -0.39 is 60.1 Å². The molecule has 186 valence electrons. The van der Waals surface area contributed by atoms with Crippen LogP contribution in [0.2, 0.25) is 0 Å². The van der Waals surface area contributed by atoms with Crippen molar-refractivity contribution in [3.63, 3.8) is 0 Å². The van der Waals surface area contributed by atoms with Crippen molar-refractivity contribution in [3.8, 4) is 0 Å². The monoisotopic (exact) mass is 477 g/mol. The molecule has 12 nitrogen and oxygen atoms in total. The molecule has 6 unspecified atom stereocenters. The van der Waals surface area contributed by atoms with E-state index >= 15 is 0 Å². The number of hydrogen-bond donors (Lipinski definition) is 8. The third-order valence-electron chi connectivity index (χ3n) is 5.35. The third kappa shape index (κ3) is 6.76. The number of aliphatic hydroxyl groups excluding tert-OH is 2. The minimum absolute atomic E-state index is 0.00158. The SMILES string of the molecule is CC(NC(=O)C(Cc1c[nH]c2ccccc12)NC(=O)C(NC(=O)C(N)C(C)O)C(C)O)C(=O)O. The van der Waals surface area contributed by atoms with Crippen LogP contribution >= 0.6 is 0 Å². The number of carboxylic acid groups (broad SMARTS) is 1. The Bertz CT molecular complexity index is 1040. The zero-order chi connectivity index (χ0) is 25.6. The number of carbonyl (C=O) groups is 4. The molecule has 34 heavy (non-hydrogen) atoms. The van der Waals surface area contributed by atoms with Crippen LogP contribution in [0.15, 0.2) is 30.5 Å². The van der Waals surface area contributed by atoms with Crippen molar-refractivity contribution in [1.29, 1.82) is 0 Å². The number of aliphatic hydroxyl groups is 2. The molecule has 0 aliphatic heterocycles. The highest BCUT2D eigenvalue weighted by Gasteiger charge is 2.33. The highest BCUT2D eigenvalue weighted by Crippen LogP contribution is 2.19. The van der Waals surface area contributed by atoms with Crippen LogP contribution in [0.3, 0.4) is 0 Å².